The second-order valence-corrected chi connectivity index (χ2v) is 6.33. The molecule has 0 radical (unpaired) electrons. The first-order chi connectivity index (χ1) is 12.8. The van der Waals surface area contributed by atoms with Crippen LogP contribution in [0.1, 0.15) is 12.8 Å². The van der Waals surface area contributed by atoms with Gasteiger partial charge in [-0.25, -0.2) is 9.97 Å². The first-order valence-corrected chi connectivity index (χ1v) is 8.70. The molecule has 1 aliphatic rings. The van der Waals surface area contributed by atoms with Gasteiger partial charge in [-0.3, -0.25) is 9.78 Å². The van der Waals surface area contributed by atoms with Crippen molar-refractivity contribution < 1.29 is 4.79 Å². The first kappa shape index (κ1) is 16.3. The number of hydrogen-bond acceptors (Lipinski definition) is 5. The molecule has 3 heterocycles. The van der Waals surface area contributed by atoms with E-state index in [0.29, 0.717) is 0 Å². The lowest BCUT2D eigenvalue weighted by Crippen LogP contribution is -2.38. The molecule has 0 atom stereocenters. The van der Waals surface area contributed by atoms with Gasteiger partial charge in [0.2, 0.25) is 5.91 Å². The van der Waals surface area contributed by atoms with Crippen LogP contribution in [0.25, 0.3) is 5.69 Å². The third-order valence-electron chi connectivity index (χ3n) is 4.68. The van der Waals surface area contributed by atoms with Gasteiger partial charge in [-0.05, 0) is 37.1 Å². The average molecular weight is 348 g/mol. The molecule has 132 valence electrons. The van der Waals surface area contributed by atoms with Gasteiger partial charge >= 0.3 is 0 Å². The summed E-state index contributed by atoms with van der Waals surface area (Å²) in [5, 5.41) is 3.03. The largest absolute Gasteiger partial charge is 0.355 e. The smallest absolute Gasteiger partial charge is 0.227 e. The zero-order valence-corrected chi connectivity index (χ0v) is 14.3. The molecule has 0 bridgehead atoms. The fraction of sp³-hybridized carbons (Fsp3) is 0.263. The number of imidazole rings is 1. The lowest BCUT2D eigenvalue weighted by atomic mass is 9.96. The molecule has 0 saturated carbocycles. The number of amides is 1. The molecule has 4 rings (SSSR count). The Morgan fingerprint density at radius 1 is 1.04 bits per heavy atom. The highest BCUT2D eigenvalue weighted by molar-refractivity contribution is 5.92. The van der Waals surface area contributed by atoms with Gasteiger partial charge in [-0.2, -0.15) is 0 Å². The monoisotopic (exact) mass is 348 g/mol. The SMILES string of the molecule is O=C(Nc1ccc(-n2ccnc2)cc1)C1CCN(c2cnccn2)CC1. The predicted molar refractivity (Wildman–Crippen MR) is 99.2 cm³/mol. The minimum atomic E-state index is 0.0243. The maximum atomic E-state index is 12.6. The van der Waals surface area contributed by atoms with Crippen LogP contribution < -0.4 is 10.2 Å². The molecule has 1 fully saturated rings. The third-order valence-corrected chi connectivity index (χ3v) is 4.68. The van der Waals surface area contributed by atoms with Crippen molar-refractivity contribution in [2.24, 2.45) is 5.92 Å². The Balaban J connectivity index is 1.33. The van der Waals surface area contributed by atoms with E-state index in [1.165, 1.54) is 0 Å². The number of aromatic nitrogens is 4. The summed E-state index contributed by atoms with van der Waals surface area (Å²) in [5.41, 5.74) is 1.83. The number of rotatable bonds is 4. The van der Waals surface area contributed by atoms with Crippen molar-refractivity contribution in [2.45, 2.75) is 12.8 Å². The average Bonchev–Trinajstić information content (AvgIpc) is 3.24. The summed E-state index contributed by atoms with van der Waals surface area (Å²) in [4.78, 5) is 27.2. The third kappa shape index (κ3) is 3.56. The van der Waals surface area contributed by atoms with Crippen LogP contribution in [0.4, 0.5) is 11.5 Å². The number of nitrogens with zero attached hydrogens (tertiary/aromatic N) is 5. The van der Waals surface area contributed by atoms with Crippen LogP contribution in [0.2, 0.25) is 0 Å². The van der Waals surface area contributed by atoms with Gasteiger partial charge in [0.05, 0.1) is 12.5 Å². The minimum absolute atomic E-state index is 0.0243. The summed E-state index contributed by atoms with van der Waals surface area (Å²) in [7, 11) is 0. The Bertz CT molecular complexity index is 840. The maximum Gasteiger partial charge on any atom is 0.227 e. The molecule has 1 aromatic carbocycles. The molecular weight excluding hydrogens is 328 g/mol. The molecule has 1 amide bonds. The van der Waals surface area contributed by atoms with Gasteiger partial charge < -0.3 is 14.8 Å². The Kier molecular flexibility index (Phi) is 4.59. The van der Waals surface area contributed by atoms with Crippen molar-refractivity contribution in [3.8, 4) is 5.69 Å². The molecular formula is C19H20N6O. The highest BCUT2D eigenvalue weighted by Gasteiger charge is 2.25. The predicted octanol–water partition coefficient (Wildman–Crippen LogP) is 2.52. The zero-order valence-electron chi connectivity index (χ0n) is 14.3. The van der Waals surface area contributed by atoms with Gasteiger partial charge in [-0.15, -0.1) is 0 Å². The van der Waals surface area contributed by atoms with Gasteiger partial charge in [0.1, 0.15) is 5.82 Å². The van der Waals surface area contributed by atoms with Crippen LogP contribution in [0.15, 0.2) is 61.6 Å². The summed E-state index contributed by atoms with van der Waals surface area (Å²) >= 11 is 0. The number of benzene rings is 1. The van der Waals surface area contributed by atoms with E-state index in [9.17, 15) is 4.79 Å². The standard InChI is InChI=1S/C19H20N6O/c26-19(15-5-10-24(11-6-15)18-13-20-7-8-22-18)23-16-1-3-17(4-2-16)25-12-9-21-14-25/h1-4,7-9,12-15H,5-6,10-11H2,(H,23,26). The molecule has 1 aliphatic heterocycles. The van der Waals surface area contributed by atoms with Crippen LogP contribution in [0, 0.1) is 5.92 Å². The Hall–Kier alpha value is -3.22. The van der Waals surface area contributed by atoms with E-state index in [1.807, 2.05) is 35.0 Å². The van der Waals surface area contributed by atoms with Crippen LogP contribution >= 0.6 is 0 Å². The normalized spacial score (nSPS) is 15.0. The highest BCUT2D eigenvalue weighted by Crippen LogP contribution is 2.23. The van der Waals surface area contributed by atoms with Crippen LogP contribution in [0.3, 0.4) is 0 Å². The molecule has 26 heavy (non-hydrogen) atoms. The zero-order chi connectivity index (χ0) is 17.8. The number of hydrogen-bond donors (Lipinski definition) is 1. The maximum absolute atomic E-state index is 12.6. The number of anilines is 2. The van der Waals surface area contributed by atoms with Gasteiger partial charge in [0, 0.05) is 55.2 Å². The van der Waals surface area contributed by atoms with Crippen molar-refractivity contribution in [3.05, 3.63) is 61.6 Å². The van der Waals surface area contributed by atoms with E-state index in [2.05, 4.69) is 25.2 Å². The lowest BCUT2D eigenvalue weighted by Gasteiger charge is -2.31. The second kappa shape index (κ2) is 7.35. The minimum Gasteiger partial charge on any atom is -0.355 e. The molecule has 0 unspecified atom stereocenters. The summed E-state index contributed by atoms with van der Waals surface area (Å²) in [6.07, 6.45) is 12.1. The number of nitrogens with one attached hydrogen (secondary N) is 1. The van der Waals surface area contributed by atoms with E-state index in [1.54, 1.807) is 31.1 Å². The summed E-state index contributed by atoms with van der Waals surface area (Å²) < 4.78 is 1.92. The van der Waals surface area contributed by atoms with Gasteiger partial charge in [-0.1, -0.05) is 0 Å². The van der Waals surface area contributed by atoms with Crippen LogP contribution in [-0.4, -0.2) is 38.5 Å². The van der Waals surface area contributed by atoms with Crippen molar-refractivity contribution in [3.63, 3.8) is 0 Å². The fourth-order valence-corrected chi connectivity index (χ4v) is 3.20. The fourth-order valence-electron chi connectivity index (χ4n) is 3.20. The van der Waals surface area contributed by atoms with Crippen molar-refractivity contribution >= 4 is 17.4 Å². The number of piperidine rings is 1. The Morgan fingerprint density at radius 2 is 1.85 bits per heavy atom. The molecule has 1 N–H and O–H groups in total. The molecule has 1 saturated heterocycles. The molecule has 3 aromatic rings. The topological polar surface area (TPSA) is 75.9 Å². The van der Waals surface area contributed by atoms with Crippen molar-refractivity contribution in [1.82, 2.24) is 19.5 Å². The second-order valence-electron chi connectivity index (χ2n) is 6.33. The van der Waals surface area contributed by atoms with Crippen LogP contribution in [0.5, 0.6) is 0 Å². The van der Waals surface area contributed by atoms with E-state index < -0.39 is 0 Å². The van der Waals surface area contributed by atoms with Crippen LogP contribution in [-0.2, 0) is 4.79 Å². The van der Waals surface area contributed by atoms with Gasteiger partial charge in [0.15, 0.2) is 0 Å². The van der Waals surface area contributed by atoms with Crippen molar-refractivity contribution in [1.29, 1.82) is 0 Å². The van der Waals surface area contributed by atoms with E-state index in [-0.39, 0.29) is 11.8 Å². The summed E-state index contributed by atoms with van der Waals surface area (Å²) in [5.74, 6) is 0.983. The van der Waals surface area contributed by atoms with E-state index >= 15 is 0 Å². The van der Waals surface area contributed by atoms with Gasteiger partial charge in [0.25, 0.3) is 0 Å². The number of carbonyl (C=O) groups excluding carboxylic acids is 1. The Morgan fingerprint density at radius 3 is 2.50 bits per heavy atom. The molecule has 2 aromatic heterocycles. The molecule has 7 heteroatoms. The number of carbonyl (C=O) groups is 1. The van der Waals surface area contributed by atoms with Crippen molar-refractivity contribution in [2.75, 3.05) is 23.3 Å². The van der Waals surface area contributed by atoms with E-state index in [0.717, 1.165) is 43.1 Å². The molecule has 0 spiro atoms. The quantitative estimate of drug-likeness (QED) is 0.784. The molecule has 0 aliphatic carbocycles. The summed E-state index contributed by atoms with van der Waals surface area (Å²) in [6.45, 7) is 1.63. The Labute approximate surface area is 151 Å². The van der Waals surface area contributed by atoms with E-state index in [4.69, 9.17) is 0 Å². The first-order valence-electron chi connectivity index (χ1n) is 8.70. The molecule has 7 nitrogen and oxygen atoms in total. The lowest BCUT2D eigenvalue weighted by molar-refractivity contribution is -0.120. The summed E-state index contributed by atoms with van der Waals surface area (Å²) in [6, 6.07) is 7.77. The highest BCUT2D eigenvalue weighted by atomic mass is 16.1.